The summed E-state index contributed by atoms with van der Waals surface area (Å²) in [4.78, 5) is 21.9. The van der Waals surface area contributed by atoms with E-state index >= 15 is 0 Å². The van der Waals surface area contributed by atoms with Crippen LogP contribution in [0, 0.1) is 20.3 Å². The molecule has 81 valence electrons. The first-order valence-electron chi connectivity index (χ1n) is 4.49. The topological polar surface area (TPSA) is 34.1 Å². The van der Waals surface area contributed by atoms with Gasteiger partial charge in [-0.05, 0) is 0 Å². The van der Waals surface area contributed by atoms with Crippen LogP contribution >= 0.6 is 0 Å². The molecule has 0 aliphatic heterocycles. The van der Waals surface area contributed by atoms with Crippen molar-refractivity contribution in [3.63, 3.8) is 0 Å². The van der Waals surface area contributed by atoms with Crippen LogP contribution in [-0.4, -0.2) is 11.6 Å². The summed E-state index contributed by atoms with van der Waals surface area (Å²) in [7, 11) is 0. The van der Waals surface area contributed by atoms with Gasteiger partial charge < -0.3 is 19.1 Å². The van der Waals surface area contributed by atoms with E-state index in [1.165, 1.54) is 0 Å². The summed E-state index contributed by atoms with van der Waals surface area (Å²) in [5.41, 5.74) is 0. The van der Waals surface area contributed by atoms with Crippen LogP contribution in [0.3, 0.4) is 0 Å². The normalized spacial score (nSPS) is 10.8. The van der Waals surface area contributed by atoms with Crippen molar-refractivity contribution >= 4 is 11.6 Å². The zero-order valence-corrected chi connectivity index (χ0v) is 12.3. The average molecular weight is 273 g/mol. The second-order valence-electron chi connectivity index (χ2n) is 2.95. The number of carbonyl (C=O) groups excluding carboxylic acids is 2. The third-order valence-electron chi connectivity index (χ3n) is 1.97. The largest absolute Gasteiger partial charge is 0.358 e. The van der Waals surface area contributed by atoms with Crippen molar-refractivity contribution in [2.45, 2.75) is 39.5 Å². The third kappa shape index (κ3) is 9.02. The minimum absolute atomic E-state index is 0. The molecule has 0 saturated carbocycles. The standard InChI is InChI=1S/C10H17O2.CH3.Y/c1-4-9(11)7-6-8(3)10(12)5-2;;/h8H,3-7H2,1-2H3;1H3;/q2*-1;. The number of ketones is 2. The van der Waals surface area contributed by atoms with Gasteiger partial charge in [0.15, 0.2) is 0 Å². The van der Waals surface area contributed by atoms with E-state index in [4.69, 9.17) is 0 Å². The molecule has 0 amide bonds. The van der Waals surface area contributed by atoms with Gasteiger partial charge in [0.05, 0.1) is 0 Å². The Bertz CT molecular complexity index is 167. The molecule has 0 aromatic carbocycles. The Morgan fingerprint density at radius 3 is 2.07 bits per heavy atom. The summed E-state index contributed by atoms with van der Waals surface area (Å²) in [6, 6.07) is 0. The minimum atomic E-state index is -0.189. The molecule has 1 unspecified atom stereocenters. The van der Waals surface area contributed by atoms with E-state index in [0.717, 1.165) is 0 Å². The maximum Gasteiger partial charge on any atom is 0.132 e. The van der Waals surface area contributed by atoms with Crippen molar-refractivity contribution in [2.24, 2.45) is 5.92 Å². The summed E-state index contributed by atoms with van der Waals surface area (Å²) in [5.74, 6) is 0.178. The van der Waals surface area contributed by atoms with Gasteiger partial charge in [0.1, 0.15) is 11.6 Å². The monoisotopic (exact) mass is 273 g/mol. The summed E-state index contributed by atoms with van der Waals surface area (Å²) in [6.07, 6.45) is 2.19. The number of carbonyl (C=O) groups is 2. The molecule has 0 aromatic rings. The quantitative estimate of drug-likeness (QED) is 0.697. The van der Waals surface area contributed by atoms with Crippen LogP contribution in [0.25, 0.3) is 0 Å². The first-order valence-corrected chi connectivity index (χ1v) is 4.49. The number of rotatable bonds is 6. The van der Waals surface area contributed by atoms with Gasteiger partial charge >= 0.3 is 0 Å². The summed E-state index contributed by atoms with van der Waals surface area (Å²) >= 11 is 0. The smallest absolute Gasteiger partial charge is 0.132 e. The molecule has 0 fully saturated rings. The van der Waals surface area contributed by atoms with Crippen LogP contribution < -0.4 is 0 Å². The molecule has 0 N–H and O–H groups in total. The minimum Gasteiger partial charge on any atom is -0.358 e. The molecule has 0 heterocycles. The van der Waals surface area contributed by atoms with Gasteiger partial charge in [0.2, 0.25) is 0 Å². The number of hydrogen-bond acceptors (Lipinski definition) is 2. The van der Waals surface area contributed by atoms with E-state index in [2.05, 4.69) is 6.92 Å². The summed E-state index contributed by atoms with van der Waals surface area (Å²) in [6.45, 7) is 7.37. The van der Waals surface area contributed by atoms with Crippen LogP contribution in [0.15, 0.2) is 0 Å². The van der Waals surface area contributed by atoms with E-state index in [-0.39, 0.29) is 57.6 Å². The Kier molecular flexibility index (Phi) is 16.4. The molecular weight excluding hydrogens is 253 g/mol. The SMILES string of the molecule is [CH2-]C(CCC(=O)CC)C(=O)CC.[CH3-].[Y]. The van der Waals surface area contributed by atoms with Crippen LogP contribution in [-0.2, 0) is 42.3 Å². The molecule has 0 aliphatic carbocycles. The molecule has 2 nitrogen and oxygen atoms in total. The molecule has 0 aliphatic rings. The Morgan fingerprint density at radius 2 is 1.71 bits per heavy atom. The van der Waals surface area contributed by atoms with Crippen molar-refractivity contribution in [1.29, 1.82) is 0 Å². The number of Topliss-reactive ketones (excluding diaryl/α,β-unsaturated/α-hetero) is 2. The fourth-order valence-electron chi connectivity index (χ4n) is 0.962. The van der Waals surface area contributed by atoms with Gasteiger partial charge in [0.25, 0.3) is 0 Å². The zero-order chi connectivity index (χ0) is 9.56. The molecule has 0 bridgehead atoms. The molecule has 0 spiro atoms. The van der Waals surface area contributed by atoms with Crippen molar-refractivity contribution in [1.82, 2.24) is 0 Å². The Balaban J connectivity index is -0.000000605. The van der Waals surface area contributed by atoms with E-state index in [1.807, 2.05) is 13.8 Å². The molecule has 3 heteroatoms. The molecule has 0 aromatic heterocycles. The van der Waals surface area contributed by atoms with Crippen LogP contribution in [0.2, 0.25) is 0 Å². The number of hydrogen-bond donors (Lipinski definition) is 0. The molecule has 0 rings (SSSR count). The Hall–Kier alpha value is 0.444. The van der Waals surface area contributed by atoms with Crippen molar-refractivity contribution in [2.75, 3.05) is 0 Å². The van der Waals surface area contributed by atoms with E-state index in [9.17, 15) is 9.59 Å². The van der Waals surface area contributed by atoms with Gasteiger partial charge in [-0.15, -0.1) is 5.92 Å². The van der Waals surface area contributed by atoms with Crippen molar-refractivity contribution in [3.05, 3.63) is 14.4 Å². The predicted molar refractivity (Wildman–Crippen MR) is 55.1 cm³/mol. The molecule has 0 saturated heterocycles. The molecule has 1 atom stereocenters. The van der Waals surface area contributed by atoms with E-state index in [1.54, 1.807) is 0 Å². The molecule has 14 heavy (non-hydrogen) atoms. The predicted octanol–water partition coefficient (Wildman–Crippen LogP) is 2.62. The van der Waals surface area contributed by atoms with Gasteiger partial charge in [-0.1, -0.05) is 20.3 Å². The van der Waals surface area contributed by atoms with E-state index < -0.39 is 0 Å². The fraction of sp³-hybridized carbons (Fsp3) is 0.636. The van der Waals surface area contributed by atoms with E-state index in [0.29, 0.717) is 25.7 Å². The van der Waals surface area contributed by atoms with Gasteiger partial charge in [-0.25, -0.2) is 0 Å². The van der Waals surface area contributed by atoms with Crippen molar-refractivity contribution in [3.8, 4) is 0 Å². The third-order valence-corrected chi connectivity index (χ3v) is 1.97. The van der Waals surface area contributed by atoms with Gasteiger partial charge in [-0.2, -0.15) is 0 Å². The molecular formula is C11H20O2Y-2. The first-order chi connectivity index (χ1) is 5.61. The van der Waals surface area contributed by atoms with Crippen LogP contribution in [0.5, 0.6) is 0 Å². The van der Waals surface area contributed by atoms with Crippen molar-refractivity contribution < 1.29 is 42.3 Å². The van der Waals surface area contributed by atoms with Gasteiger partial charge in [0, 0.05) is 52.0 Å². The Morgan fingerprint density at radius 1 is 1.21 bits per heavy atom. The molecule has 1 radical (unpaired) electrons. The first kappa shape index (κ1) is 19.9. The summed E-state index contributed by atoms with van der Waals surface area (Å²) < 4.78 is 0. The van der Waals surface area contributed by atoms with Crippen LogP contribution in [0.4, 0.5) is 0 Å². The maximum atomic E-state index is 11.0. The maximum absolute atomic E-state index is 11.0. The zero-order valence-electron chi connectivity index (χ0n) is 9.51. The van der Waals surface area contributed by atoms with Crippen LogP contribution in [0.1, 0.15) is 39.5 Å². The Labute approximate surface area is 113 Å². The van der Waals surface area contributed by atoms with Gasteiger partial charge in [-0.3, -0.25) is 4.79 Å². The second-order valence-corrected chi connectivity index (χ2v) is 2.95. The summed E-state index contributed by atoms with van der Waals surface area (Å²) in [5, 5.41) is 0. The second kappa shape index (κ2) is 11.5. The average Bonchev–Trinajstić information content (AvgIpc) is 2.11. The fourth-order valence-corrected chi connectivity index (χ4v) is 0.962.